The van der Waals surface area contributed by atoms with E-state index in [0.717, 1.165) is 16.8 Å². The number of rotatable bonds is 6. The van der Waals surface area contributed by atoms with Crippen LogP contribution in [-0.4, -0.2) is 26.0 Å². The average Bonchev–Trinajstić information content (AvgIpc) is 3.26. The summed E-state index contributed by atoms with van der Waals surface area (Å²) in [6.07, 6.45) is 0. The number of anilines is 1. The average molecular weight is 476 g/mol. The van der Waals surface area contributed by atoms with E-state index in [4.69, 9.17) is 4.74 Å². The molecule has 0 aliphatic carbocycles. The number of halogens is 1. The van der Waals surface area contributed by atoms with E-state index in [9.17, 15) is 9.18 Å². The minimum atomic E-state index is -0.565. The number of aryl methyl sites for hydroxylation is 1. The lowest BCUT2D eigenvalue weighted by molar-refractivity contribution is -0.116. The molecular weight excluding hydrogens is 453 g/mol. The molecule has 3 aromatic carbocycles. The van der Waals surface area contributed by atoms with Gasteiger partial charge in [0.1, 0.15) is 23.4 Å². The van der Waals surface area contributed by atoms with Gasteiger partial charge in [0.15, 0.2) is 5.82 Å². The third-order valence-electron chi connectivity index (χ3n) is 5.51. The SMILES string of the molecule is Cc1ccccc1NC(=O)[C@H]1Sc2nnc(COc3ccccc3)n2N[C@H]1c1ccc(F)cc1. The van der Waals surface area contributed by atoms with Crippen LogP contribution < -0.4 is 15.5 Å². The summed E-state index contributed by atoms with van der Waals surface area (Å²) in [5.41, 5.74) is 5.84. The first kappa shape index (κ1) is 22.0. The standard InChI is InChI=1S/C25H22FN5O2S/c1-16-7-5-6-10-20(16)27-24(32)23-22(17-11-13-18(26)14-12-17)30-31-21(28-29-25(31)34-23)15-33-19-8-3-2-4-9-19/h2-14,22-23,30H,15H2,1H3,(H,27,32)/t22-,23-/m0/s1. The van der Waals surface area contributed by atoms with Gasteiger partial charge in [0.05, 0.1) is 6.04 Å². The number of nitrogens with zero attached hydrogens (tertiary/aromatic N) is 3. The number of carbonyl (C=O) groups is 1. The fourth-order valence-corrected chi connectivity index (χ4v) is 4.79. The Hall–Kier alpha value is -3.85. The molecule has 0 spiro atoms. The van der Waals surface area contributed by atoms with Gasteiger partial charge in [0, 0.05) is 5.69 Å². The third-order valence-corrected chi connectivity index (χ3v) is 6.72. The topological polar surface area (TPSA) is 81.1 Å². The van der Waals surface area contributed by atoms with Crippen LogP contribution in [0.15, 0.2) is 84.0 Å². The van der Waals surface area contributed by atoms with Crippen LogP contribution in [0, 0.1) is 12.7 Å². The number of fused-ring (bicyclic) bond motifs is 1. The lowest BCUT2D eigenvalue weighted by Gasteiger charge is -2.33. The quantitative estimate of drug-likeness (QED) is 0.421. The van der Waals surface area contributed by atoms with Gasteiger partial charge >= 0.3 is 0 Å². The first-order chi connectivity index (χ1) is 16.6. The number of thioether (sulfide) groups is 1. The molecule has 2 heterocycles. The molecule has 0 fully saturated rings. The van der Waals surface area contributed by atoms with E-state index in [0.29, 0.717) is 16.7 Å². The van der Waals surface area contributed by atoms with Crippen LogP contribution in [-0.2, 0) is 11.4 Å². The molecule has 172 valence electrons. The van der Waals surface area contributed by atoms with Gasteiger partial charge in [-0.05, 0) is 48.4 Å². The van der Waals surface area contributed by atoms with E-state index < -0.39 is 11.3 Å². The Morgan fingerprint density at radius 2 is 1.79 bits per heavy atom. The van der Waals surface area contributed by atoms with Gasteiger partial charge in [-0.2, -0.15) is 0 Å². The number of nitrogens with one attached hydrogen (secondary N) is 2. The predicted octanol–water partition coefficient (Wildman–Crippen LogP) is 4.70. The van der Waals surface area contributed by atoms with Crippen molar-refractivity contribution in [1.29, 1.82) is 0 Å². The molecule has 0 bridgehead atoms. The van der Waals surface area contributed by atoms with Gasteiger partial charge in [-0.15, -0.1) is 10.2 Å². The molecular formula is C25H22FN5O2S. The largest absolute Gasteiger partial charge is 0.486 e. The Labute approximate surface area is 200 Å². The molecule has 1 aliphatic rings. The van der Waals surface area contributed by atoms with Crippen molar-refractivity contribution in [3.8, 4) is 5.75 Å². The second-order valence-corrected chi connectivity index (χ2v) is 8.95. The fraction of sp³-hybridized carbons (Fsp3) is 0.160. The Balaban J connectivity index is 1.43. The Morgan fingerprint density at radius 1 is 1.06 bits per heavy atom. The number of hydrogen-bond donors (Lipinski definition) is 2. The molecule has 1 amide bonds. The molecule has 5 rings (SSSR count). The molecule has 2 atom stereocenters. The Morgan fingerprint density at radius 3 is 2.56 bits per heavy atom. The monoisotopic (exact) mass is 475 g/mol. The van der Waals surface area contributed by atoms with Crippen molar-refractivity contribution in [3.05, 3.63) is 102 Å². The second-order valence-electron chi connectivity index (χ2n) is 7.84. The number of amides is 1. The predicted molar refractivity (Wildman–Crippen MR) is 129 cm³/mol. The normalized spacial score (nSPS) is 16.9. The van der Waals surface area contributed by atoms with Crippen molar-refractivity contribution in [2.45, 2.75) is 30.0 Å². The van der Waals surface area contributed by atoms with Gasteiger partial charge < -0.3 is 15.5 Å². The number of para-hydroxylation sites is 2. The number of benzene rings is 3. The van der Waals surface area contributed by atoms with E-state index >= 15 is 0 Å². The molecule has 0 saturated carbocycles. The molecule has 4 aromatic rings. The zero-order valence-corrected chi connectivity index (χ0v) is 19.1. The summed E-state index contributed by atoms with van der Waals surface area (Å²) in [6, 6.07) is 22.7. The molecule has 0 radical (unpaired) electrons. The summed E-state index contributed by atoms with van der Waals surface area (Å²) >= 11 is 1.31. The number of hydrogen-bond acceptors (Lipinski definition) is 6. The van der Waals surface area contributed by atoms with Crippen molar-refractivity contribution < 1.29 is 13.9 Å². The highest BCUT2D eigenvalue weighted by atomic mass is 32.2. The maximum absolute atomic E-state index is 13.6. The summed E-state index contributed by atoms with van der Waals surface area (Å²) in [5.74, 6) is 0.762. The smallest absolute Gasteiger partial charge is 0.240 e. The van der Waals surface area contributed by atoms with Crippen molar-refractivity contribution in [2.75, 3.05) is 10.7 Å². The summed E-state index contributed by atoms with van der Waals surface area (Å²) in [4.78, 5) is 13.4. The van der Waals surface area contributed by atoms with Crippen LogP contribution in [0.25, 0.3) is 0 Å². The maximum atomic E-state index is 13.6. The second kappa shape index (κ2) is 9.56. The van der Waals surface area contributed by atoms with Crippen LogP contribution >= 0.6 is 11.8 Å². The third kappa shape index (κ3) is 4.60. The number of ether oxygens (including phenoxy) is 1. The minimum Gasteiger partial charge on any atom is -0.486 e. The van der Waals surface area contributed by atoms with Gasteiger partial charge in [-0.3, -0.25) is 4.79 Å². The van der Waals surface area contributed by atoms with Crippen molar-refractivity contribution in [3.63, 3.8) is 0 Å². The van der Waals surface area contributed by atoms with Crippen LogP contribution in [0.4, 0.5) is 10.1 Å². The molecule has 34 heavy (non-hydrogen) atoms. The first-order valence-corrected chi connectivity index (χ1v) is 11.6. The lowest BCUT2D eigenvalue weighted by atomic mass is 10.0. The number of aromatic nitrogens is 3. The van der Waals surface area contributed by atoms with E-state index in [1.54, 1.807) is 16.8 Å². The van der Waals surface area contributed by atoms with Crippen LogP contribution in [0.3, 0.4) is 0 Å². The molecule has 0 saturated heterocycles. The Kier molecular flexibility index (Phi) is 6.18. The molecule has 1 aliphatic heterocycles. The summed E-state index contributed by atoms with van der Waals surface area (Å²) < 4.78 is 21.2. The summed E-state index contributed by atoms with van der Waals surface area (Å²) in [5, 5.41) is 11.5. The fourth-order valence-electron chi connectivity index (χ4n) is 3.69. The molecule has 0 unspecified atom stereocenters. The zero-order chi connectivity index (χ0) is 23.5. The van der Waals surface area contributed by atoms with Crippen molar-refractivity contribution in [1.82, 2.24) is 14.9 Å². The lowest BCUT2D eigenvalue weighted by Crippen LogP contribution is -2.41. The highest BCUT2D eigenvalue weighted by Gasteiger charge is 2.38. The highest BCUT2D eigenvalue weighted by molar-refractivity contribution is 8.00. The number of carbonyl (C=O) groups excluding carboxylic acids is 1. The molecule has 2 N–H and O–H groups in total. The van der Waals surface area contributed by atoms with E-state index in [1.165, 1.54) is 23.9 Å². The van der Waals surface area contributed by atoms with Gasteiger partial charge in [0.2, 0.25) is 11.1 Å². The van der Waals surface area contributed by atoms with Crippen LogP contribution in [0.1, 0.15) is 23.0 Å². The first-order valence-electron chi connectivity index (χ1n) is 10.8. The molecule has 9 heteroatoms. The van der Waals surface area contributed by atoms with E-state index in [1.807, 2.05) is 61.5 Å². The maximum Gasteiger partial charge on any atom is 0.240 e. The van der Waals surface area contributed by atoms with Crippen LogP contribution in [0.5, 0.6) is 5.75 Å². The van der Waals surface area contributed by atoms with E-state index in [2.05, 4.69) is 20.9 Å². The van der Waals surface area contributed by atoms with Crippen LogP contribution in [0.2, 0.25) is 0 Å². The van der Waals surface area contributed by atoms with Crippen molar-refractivity contribution in [2.24, 2.45) is 0 Å². The zero-order valence-electron chi connectivity index (χ0n) is 18.3. The molecule has 1 aromatic heterocycles. The summed E-state index contributed by atoms with van der Waals surface area (Å²) in [6.45, 7) is 2.13. The van der Waals surface area contributed by atoms with E-state index in [-0.39, 0.29) is 18.3 Å². The Bertz CT molecular complexity index is 1300. The van der Waals surface area contributed by atoms with Crippen molar-refractivity contribution >= 4 is 23.4 Å². The van der Waals surface area contributed by atoms with Gasteiger partial charge in [0.25, 0.3) is 0 Å². The molecule has 7 nitrogen and oxygen atoms in total. The van der Waals surface area contributed by atoms with Gasteiger partial charge in [-0.25, -0.2) is 9.07 Å². The van der Waals surface area contributed by atoms with Gasteiger partial charge in [-0.1, -0.05) is 60.3 Å². The minimum absolute atomic E-state index is 0.183. The highest BCUT2D eigenvalue weighted by Crippen LogP contribution is 2.38. The summed E-state index contributed by atoms with van der Waals surface area (Å²) in [7, 11) is 0.